The van der Waals surface area contributed by atoms with E-state index < -0.39 is 0 Å². The SMILES string of the molecule is N=C(N)c1ccc(NC(=O)CCC(=O)S)cc1. The fourth-order valence-electron chi connectivity index (χ4n) is 1.18. The maximum Gasteiger partial charge on any atom is 0.224 e. The Labute approximate surface area is 104 Å². The second kappa shape index (κ2) is 6.05. The van der Waals surface area contributed by atoms with E-state index in [2.05, 4.69) is 17.9 Å². The van der Waals surface area contributed by atoms with Crippen LogP contribution in [0.3, 0.4) is 0 Å². The number of nitrogens with two attached hydrogens (primary N) is 1. The van der Waals surface area contributed by atoms with Crippen LogP contribution in [0.5, 0.6) is 0 Å². The summed E-state index contributed by atoms with van der Waals surface area (Å²) in [6.07, 6.45) is 0.220. The summed E-state index contributed by atoms with van der Waals surface area (Å²) in [6, 6.07) is 6.58. The fraction of sp³-hybridized carbons (Fsp3) is 0.182. The summed E-state index contributed by atoms with van der Waals surface area (Å²) in [5.41, 5.74) is 6.49. The number of thiol groups is 1. The summed E-state index contributed by atoms with van der Waals surface area (Å²) >= 11 is 3.58. The summed E-state index contributed by atoms with van der Waals surface area (Å²) in [5.74, 6) is -0.272. The average Bonchev–Trinajstić information content (AvgIpc) is 2.27. The lowest BCUT2D eigenvalue weighted by molar-refractivity contribution is -0.119. The average molecular weight is 251 g/mol. The number of amidine groups is 1. The summed E-state index contributed by atoms with van der Waals surface area (Å²) in [5, 5.41) is 9.52. The molecule has 0 radical (unpaired) electrons. The first-order valence-electron chi connectivity index (χ1n) is 4.95. The molecule has 0 aliphatic carbocycles. The lowest BCUT2D eigenvalue weighted by Crippen LogP contribution is -2.13. The molecule has 1 aromatic carbocycles. The first-order valence-corrected chi connectivity index (χ1v) is 5.40. The van der Waals surface area contributed by atoms with Gasteiger partial charge in [0.15, 0.2) is 5.12 Å². The monoisotopic (exact) mass is 251 g/mol. The van der Waals surface area contributed by atoms with Gasteiger partial charge < -0.3 is 11.1 Å². The van der Waals surface area contributed by atoms with Crippen LogP contribution in [0.2, 0.25) is 0 Å². The number of rotatable bonds is 5. The van der Waals surface area contributed by atoms with Crippen LogP contribution in [0.15, 0.2) is 24.3 Å². The van der Waals surface area contributed by atoms with Gasteiger partial charge in [-0.15, -0.1) is 12.6 Å². The Kier molecular flexibility index (Phi) is 4.71. The minimum absolute atomic E-state index is 0.0245. The first kappa shape index (κ1) is 13.2. The van der Waals surface area contributed by atoms with Crippen LogP contribution in [0, 0.1) is 5.41 Å². The van der Waals surface area contributed by atoms with Gasteiger partial charge in [-0.1, -0.05) is 0 Å². The van der Waals surface area contributed by atoms with Crippen molar-refractivity contribution in [3.63, 3.8) is 0 Å². The van der Waals surface area contributed by atoms with Crippen molar-refractivity contribution in [3.8, 4) is 0 Å². The van der Waals surface area contributed by atoms with Gasteiger partial charge in [-0.05, 0) is 24.3 Å². The smallest absolute Gasteiger partial charge is 0.224 e. The lowest BCUT2D eigenvalue weighted by Gasteiger charge is -2.05. The molecule has 0 saturated heterocycles. The van der Waals surface area contributed by atoms with Crippen molar-refractivity contribution >= 4 is 35.2 Å². The number of hydrogen-bond acceptors (Lipinski definition) is 3. The van der Waals surface area contributed by atoms with Gasteiger partial charge in [0.1, 0.15) is 5.84 Å². The molecular weight excluding hydrogens is 238 g/mol. The van der Waals surface area contributed by atoms with Crippen LogP contribution >= 0.6 is 12.6 Å². The van der Waals surface area contributed by atoms with E-state index in [4.69, 9.17) is 11.1 Å². The minimum atomic E-state index is -0.313. The Morgan fingerprint density at radius 3 is 2.29 bits per heavy atom. The number of carbonyl (C=O) groups excluding carboxylic acids is 2. The Balaban J connectivity index is 2.54. The summed E-state index contributed by atoms with van der Waals surface area (Å²) in [7, 11) is 0. The molecule has 0 bridgehead atoms. The molecule has 1 amide bonds. The van der Waals surface area contributed by atoms with E-state index in [9.17, 15) is 9.59 Å². The molecule has 6 heteroatoms. The first-order chi connectivity index (χ1) is 7.99. The molecule has 1 aromatic rings. The molecule has 0 spiro atoms. The van der Waals surface area contributed by atoms with Gasteiger partial charge >= 0.3 is 0 Å². The standard InChI is InChI=1S/C11H13N3O2S/c12-11(13)7-1-3-8(4-2-7)14-9(15)5-6-10(16)17/h1-4H,5-6H2,(H3,12,13)(H,14,15)(H,16,17). The van der Waals surface area contributed by atoms with Gasteiger partial charge in [0, 0.05) is 24.1 Å². The fourth-order valence-corrected chi connectivity index (χ4v) is 1.29. The third kappa shape index (κ3) is 4.69. The van der Waals surface area contributed by atoms with Gasteiger partial charge in [-0.2, -0.15) is 0 Å². The molecule has 0 aliphatic heterocycles. The van der Waals surface area contributed by atoms with E-state index in [1.165, 1.54) is 0 Å². The van der Waals surface area contributed by atoms with Crippen molar-refractivity contribution in [2.75, 3.05) is 5.32 Å². The molecular formula is C11H13N3O2S. The van der Waals surface area contributed by atoms with Crippen LogP contribution in [0.25, 0.3) is 0 Å². The number of nitrogen functional groups attached to an aromatic ring is 1. The second-order valence-corrected chi connectivity index (χ2v) is 3.93. The normalized spacial score (nSPS) is 9.71. The third-order valence-electron chi connectivity index (χ3n) is 2.05. The van der Waals surface area contributed by atoms with Crippen molar-refractivity contribution in [2.45, 2.75) is 12.8 Å². The summed E-state index contributed by atoms with van der Waals surface area (Å²) in [4.78, 5) is 21.9. The van der Waals surface area contributed by atoms with Crippen LogP contribution in [-0.4, -0.2) is 16.9 Å². The van der Waals surface area contributed by atoms with E-state index in [-0.39, 0.29) is 29.7 Å². The van der Waals surface area contributed by atoms with Crippen molar-refractivity contribution in [1.82, 2.24) is 0 Å². The van der Waals surface area contributed by atoms with Gasteiger partial charge in [0.25, 0.3) is 0 Å². The molecule has 17 heavy (non-hydrogen) atoms. The molecule has 0 fully saturated rings. The lowest BCUT2D eigenvalue weighted by atomic mass is 10.2. The molecule has 90 valence electrons. The Hall–Kier alpha value is -1.82. The van der Waals surface area contributed by atoms with Crippen molar-refractivity contribution in [1.29, 1.82) is 5.41 Å². The second-order valence-electron chi connectivity index (χ2n) is 3.43. The number of amides is 1. The number of nitrogens with one attached hydrogen (secondary N) is 2. The molecule has 0 aliphatic rings. The maximum absolute atomic E-state index is 11.4. The van der Waals surface area contributed by atoms with Crippen LogP contribution in [-0.2, 0) is 9.59 Å². The van der Waals surface area contributed by atoms with Gasteiger partial charge in [-0.3, -0.25) is 15.0 Å². The van der Waals surface area contributed by atoms with E-state index in [0.29, 0.717) is 11.3 Å². The predicted molar refractivity (Wildman–Crippen MR) is 69.3 cm³/mol. The number of benzene rings is 1. The number of hydrogen-bond donors (Lipinski definition) is 4. The predicted octanol–water partition coefficient (Wildman–Crippen LogP) is 1.15. The largest absolute Gasteiger partial charge is 0.384 e. The van der Waals surface area contributed by atoms with E-state index in [1.54, 1.807) is 24.3 Å². The van der Waals surface area contributed by atoms with Crippen LogP contribution in [0.1, 0.15) is 18.4 Å². The summed E-state index contributed by atoms with van der Waals surface area (Å²) in [6.45, 7) is 0. The molecule has 0 aromatic heterocycles. The molecule has 0 heterocycles. The number of anilines is 1. The highest BCUT2D eigenvalue weighted by molar-refractivity contribution is 7.96. The van der Waals surface area contributed by atoms with E-state index in [0.717, 1.165) is 0 Å². The molecule has 0 atom stereocenters. The highest BCUT2D eigenvalue weighted by Crippen LogP contribution is 2.10. The molecule has 5 nitrogen and oxygen atoms in total. The quantitative estimate of drug-likeness (QED) is 0.359. The number of carbonyl (C=O) groups is 2. The Morgan fingerprint density at radius 1 is 1.24 bits per heavy atom. The molecule has 4 N–H and O–H groups in total. The topological polar surface area (TPSA) is 96.0 Å². The highest BCUT2D eigenvalue weighted by atomic mass is 32.1. The van der Waals surface area contributed by atoms with E-state index >= 15 is 0 Å². The zero-order chi connectivity index (χ0) is 12.8. The molecule has 0 unspecified atom stereocenters. The molecule has 0 saturated carbocycles. The van der Waals surface area contributed by atoms with Gasteiger partial charge in [0.05, 0.1) is 0 Å². The zero-order valence-electron chi connectivity index (χ0n) is 9.06. The van der Waals surface area contributed by atoms with Crippen molar-refractivity contribution in [3.05, 3.63) is 29.8 Å². The molecule has 1 rings (SSSR count). The third-order valence-corrected chi connectivity index (χ3v) is 2.27. The Bertz CT molecular complexity index is 443. The van der Waals surface area contributed by atoms with Crippen molar-refractivity contribution < 1.29 is 9.59 Å². The summed E-state index contributed by atoms with van der Waals surface area (Å²) < 4.78 is 0. The van der Waals surface area contributed by atoms with Gasteiger partial charge in [0.2, 0.25) is 5.91 Å². The van der Waals surface area contributed by atoms with Gasteiger partial charge in [-0.25, -0.2) is 0 Å². The minimum Gasteiger partial charge on any atom is -0.384 e. The maximum atomic E-state index is 11.4. The van der Waals surface area contributed by atoms with E-state index in [1.807, 2.05) is 0 Å². The zero-order valence-corrected chi connectivity index (χ0v) is 9.96. The van der Waals surface area contributed by atoms with Crippen molar-refractivity contribution in [2.24, 2.45) is 5.73 Å². The van der Waals surface area contributed by atoms with Crippen LogP contribution in [0.4, 0.5) is 5.69 Å². The van der Waals surface area contributed by atoms with Crippen LogP contribution < -0.4 is 11.1 Å². The Morgan fingerprint density at radius 2 is 1.82 bits per heavy atom. The highest BCUT2D eigenvalue weighted by Gasteiger charge is 2.04.